The van der Waals surface area contributed by atoms with E-state index in [2.05, 4.69) is 15.5 Å². The van der Waals surface area contributed by atoms with E-state index >= 15 is 0 Å². The van der Waals surface area contributed by atoms with Crippen molar-refractivity contribution < 1.29 is 4.79 Å². The summed E-state index contributed by atoms with van der Waals surface area (Å²) in [5.41, 5.74) is 0.103. The number of fused-ring (bicyclic) bond motifs is 1. The van der Waals surface area contributed by atoms with Gasteiger partial charge in [0.05, 0.1) is 23.8 Å². The van der Waals surface area contributed by atoms with E-state index in [-0.39, 0.29) is 5.91 Å². The number of carbonyl (C=O) groups excluding carboxylic acids is 1. The molecule has 5 aromatic rings. The summed E-state index contributed by atoms with van der Waals surface area (Å²) < 4.78 is 2.81. The number of rotatable bonds is 5. The zero-order chi connectivity index (χ0) is 25.7. The maximum absolute atomic E-state index is 14.5. The van der Waals surface area contributed by atoms with Crippen LogP contribution in [0.15, 0.2) is 82.6 Å². The molecular formula is C27H24N6O3S. The lowest BCUT2D eigenvalue weighted by atomic mass is 9.97. The minimum atomic E-state index is -1.31. The molecule has 2 aromatic carbocycles. The molecule has 0 spiro atoms. The molecule has 10 heteroatoms. The molecule has 9 nitrogen and oxygen atoms in total. The van der Waals surface area contributed by atoms with Gasteiger partial charge in [-0.1, -0.05) is 72.0 Å². The minimum Gasteiger partial charge on any atom is -0.354 e. The predicted molar refractivity (Wildman–Crippen MR) is 141 cm³/mol. The molecule has 1 saturated heterocycles. The fraction of sp³-hybridized carbons (Fsp3) is 0.222. The van der Waals surface area contributed by atoms with E-state index in [0.717, 1.165) is 15.7 Å². The van der Waals surface area contributed by atoms with E-state index in [4.69, 9.17) is 0 Å². The van der Waals surface area contributed by atoms with Gasteiger partial charge in [0, 0.05) is 12.1 Å². The Hall–Kier alpha value is -4.31. The number of carbonyl (C=O) groups is 1. The van der Waals surface area contributed by atoms with Crippen molar-refractivity contribution in [2.45, 2.75) is 31.8 Å². The molecule has 0 radical (unpaired) electrons. The summed E-state index contributed by atoms with van der Waals surface area (Å²) in [6, 6.07) is 18.9. The Morgan fingerprint density at radius 3 is 2.08 bits per heavy atom. The van der Waals surface area contributed by atoms with Gasteiger partial charge in [0.15, 0.2) is 0 Å². The summed E-state index contributed by atoms with van der Waals surface area (Å²) >= 11 is 1.29. The normalized spacial score (nSPS) is 17.5. The van der Waals surface area contributed by atoms with Crippen LogP contribution in [-0.2, 0) is 10.3 Å². The zero-order valence-electron chi connectivity index (χ0n) is 20.3. The number of aryl methyl sites for hydroxylation is 1. The Morgan fingerprint density at radius 1 is 0.946 bits per heavy atom. The lowest BCUT2D eigenvalue weighted by Crippen LogP contribution is -2.54. The molecule has 1 atom stereocenters. The van der Waals surface area contributed by atoms with E-state index in [0.29, 0.717) is 33.7 Å². The third-order valence-corrected chi connectivity index (χ3v) is 8.36. The zero-order valence-corrected chi connectivity index (χ0v) is 21.1. The second-order valence-electron chi connectivity index (χ2n) is 9.33. The number of hydrogen-bond acceptors (Lipinski definition) is 6. The van der Waals surface area contributed by atoms with E-state index in [9.17, 15) is 14.4 Å². The number of thiophene rings is 1. The molecule has 37 heavy (non-hydrogen) atoms. The standard InChI is InChI=1S/C27H24N6O3S/c1-17-20-22(34)32(27(2)13-14-28-25(27)35)26(36)31(24(20)37-23(17)33-29-15-16-30-33)21(18-9-5-3-6-10-18)19-11-7-4-8-12-19/h3-12,15-16,21H,13-14H2,1-2H3,(H,28,35). The van der Waals surface area contributed by atoms with Crippen LogP contribution in [0.2, 0.25) is 0 Å². The summed E-state index contributed by atoms with van der Waals surface area (Å²) in [7, 11) is 0. The van der Waals surface area contributed by atoms with Gasteiger partial charge in [-0.05, 0) is 31.4 Å². The average Bonchev–Trinajstić information content (AvgIpc) is 3.63. The number of amides is 1. The van der Waals surface area contributed by atoms with Crippen molar-refractivity contribution >= 4 is 27.5 Å². The van der Waals surface area contributed by atoms with Crippen molar-refractivity contribution in [1.29, 1.82) is 0 Å². The topological polar surface area (TPSA) is 104 Å². The van der Waals surface area contributed by atoms with Gasteiger partial charge in [0.2, 0.25) is 5.91 Å². The van der Waals surface area contributed by atoms with Gasteiger partial charge >= 0.3 is 5.69 Å². The quantitative estimate of drug-likeness (QED) is 0.390. The highest BCUT2D eigenvalue weighted by Crippen LogP contribution is 2.36. The molecular weight excluding hydrogens is 488 g/mol. The number of nitrogens with zero attached hydrogens (tertiary/aromatic N) is 5. The molecule has 1 N–H and O–H groups in total. The molecule has 186 valence electrons. The third kappa shape index (κ3) is 3.47. The summed E-state index contributed by atoms with van der Waals surface area (Å²) in [4.78, 5) is 43.5. The lowest BCUT2D eigenvalue weighted by molar-refractivity contribution is -0.126. The van der Waals surface area contributed by atoms with Gasteiger partial charge in [0.1, 0.15) is 15.4 Å². The molecule has 3 aromatic heterocycles. The maximum atomic E-state index is 14.5. The number of nitrogens with one attached hydrogen (secondary N) is 1. The highest BCUT2D eigenvalue weighted by Gasteiger charge is 2.43. The highest BCUT2D eigenvalue weighted by atomic mass is 32.1. The van der Waals surface area contributed by atoms with E-state index in [1.54, 1.807) is 23.9 Å². The molecule has 0 saturated carbocycles. The van der Waals surface area contributed by atoms with E-state index in [1.165, 1.54) is 16.1 Å². The van der Waals surface area contributed by atoms with Crippen molar-refractivity contribution in [1.82, 2.24) is 29.4 Å². The van der Waals surface area contributed by atoms with Crippen LogP contribution < -0.4 is 16.6 Å². The summed E-state index contributed by atoms with van der Waals surface area (Å²) in [6.45, 7) is 3.88. The summed E-state index contributed by atoms with van der Waals surface area (Å²) in [5, 5.41) is 12.4. The van der Waals surface area contributed by atoms with Gasteiger partial charge in [-0.2, -0.15) is 10.2 Å². The maximum Gasteiger partial charge on any atom is 0.333 e. The first-order valence-corrected chi connectivity index (χ1v) is 12.8. The average molecular weight is 513 g/mol. The number of benzene rings is 2. The van der Waals surface area contributed by atoms with Crippen molar-refractivity contribution in [3.63, 3.8) is 0 Å². The fourth-order valence-corrected chi connectivity index (χ4v) is 6.41. The molecule has 0 aliphatic carbocycles. The first-order chi connectivity index (χ1) is 17.9. The molecule has 6 rings (SSSR count). The van der Waals surface area contributed by atoms with Crippen LogP contribution in [0.1, 0.15) is 36.1 Å². The van der Waals surface area contributed by atoms with Gasteiger partial charge in [-0.15, -0.1) is 4.80 Å². The lowest BCUT2D eigenvalue weighted by Gasteiger charge is -2.27. The molecule has 1 aliphatic heterocycles. The molecule has 4 heterocycles. The second-order valence-corrected chi connectivity index (χ2v) is 10.3. The summed E-state index contributed by atoms with van der Waals surface area (Å²) in [5.74, 6) is -0.338. The second kappa shape index (κ2) is 8.67. The molecule has 1 amide bonds. The van der Waals surface area contributed by atoms with Crippen LogP contribution in [0.25, 0.3) is 15.2 Å². The van der Waals surface area contributed by atoms with Crippen LogP contribution in [-0.4, -0.2) is 36.6 Å². The third-order valence-electron chi connectivity index (χ3n) is 7.11. The Bertz CT molecular complexity index is 1700. The van der Waals surface area contributed by atoms with Crippen molar-refractivity contribution in [2.75, 3.05) is 6.54 Å². The molecule has 1 aliphatic rings. The fourth-order valence-electron chi connectivity index (χ4n) is 5.17. The van der Waals surface area contributed by atoms with Crippen LogP contribution in [0, 0.1) is 6.92 Å². The van der Waals surface area contributed by atoms with E-state index in [1.807, 2.05) is 67.6 Å². The van der Waals surface area contributed by atoms with Gasteiger partial charge in [-0.25, -0.2) is 9.36 Å². The molecule has 1 fully saturated rings. The van der Waals surface area contributed by atoms with Crippen molar-refractivity contribution in [3.05, 3.63) is 111 Å². The minimum absolute atomic E-state index is 0.338. The highest BCUT2D eigenvalue weighted by molar-refractivity contribution is 7.21. The Kier molecular flexibility index (Phi) is 5.41. The van der Waals surface area contributed by atoms with Gasteiger partial charge in [0.25, 0.3) is 5.56 Å². The molecule has 0 bridgehead atoms. The summed E-state index contributed by atoms with van der Waals surface area (Å²) in [6.07, 6.45) is 3.47. The molecule has 1 unspecified atom stereocenters. The smallest absolute Gasteiger partial charge is 0.333 e. The Balaban J connectivity index is 1.79. The van der Waals surface area contributed by atoms with Gasteiger partial charge < -0.3 is 5.32 Å². The first kappa shape index (κ1) is 23.1. The monoisotopic (exact) mass is 512 g/mol. The Morgan fingerprint density at radius 2 is 1.54 bits per heavy atom. The van der Waals surface area contributed by atoms with Crippen LogP contribution in [0.3, 0.4) is 0 Å². The Labute approximate surface area is 215 Å². The SMILES string of the molecule is Cc1c(-n2nccn2)sc2c1c(=O)n(C1(C)CCNC1=O)c(=O)n2C(c1ccccc1)c1ccccc1. The van der Waals surface area contributed by atoms with Crippen molar-refractivity contribution in [2.24, 2.45) is 0 Å². The van der Waals surface area contributed by atoms with Crippen LogP contribution in [0.5, 0.6) is 0 Å². The largest absolute Gasteiger partial charge is 0.354 e. The number of hydrogen-bond donors (Lipinski definition) is 1. The van der Waals surface area contributed by atoms with Crippen LogP contribution >= 0.6 is 11.3 Å². The van der Waals surface area contributed by atoms with Crippen molar-refractivity contribution in [3.8, 4) is 5.00 Å². The van der Waals surface area contributed by atoms with Gasteiger partial charge in [-0.3, -0.25) is 14.2 Å². The van der Waals surface area contributed by atoms with E-state index < -0.39 is 22.8 Å². The predicted octanol–water partition coefficient (Wildman–Crippen LogP) is 2.99. The van der Waals surface area contributed by atoms with Crippen LogP contribution in [0.4, 0.5) is 0 Å². The number of aromatic nitrogens is 5. The first-order valence-electron chi connectivity index (χ1n) is 12.0.